The molecule has 0 saturated carbocycles. The molecule has 8 nitrogen and oxygen atoms in total. The molecular formula is C24H22F2N6O2. The summed E-state index contributed by atoms with van der Waals surface area (Å²) in [6, 6.07) is 13.4. The largest absolute Gasteiger partial charge is 0.480 e. The maximum atomic E-state index is 14.1. The molecule has 3 aromatic carbocycles. The van der Waals surface area contributed by atoms with Gasteiger partial charge in [0.25, 0.3) is 0 Å². The molecule has 0 aliphatic rings. The Bertz CT molecular complexity index is 1350. The Hall–Kier alpha value is -4.18. The van der Waals surface area contributed by atoms with Crippen LogP contribution in [0.2, 0.25) is 0 Å². The highest BCUT2D eigenvalue weighted by molar-refractivity contribution is 5.83. The van der Waals surface area contributed by atoms with Gasteiger partial charge >= 0.3 is 5.97 Å². The van der Waals surface area contributed by atoms with Crippen LogP contribution in [0, 0.1) is 11.6 Å². The van der Waals surface area contributed by atoms with Crippen molar-refractivity contribution in [2.45, 2.75) is 18.9 Å². The van der Waals surface area contributed by atoms with Crippen molar-refractivity contribution in [1.82, 2.24) is 15.0 Å². The first-order chi connectivity index (χ1) is 16.3. The first-order valence-corrected chi connectivity index (χ1v) is 10.5. The smallest absolute Gasteiger partial charge is 0.320 e. The molecular weight excluding hydrogens is 442 g/mol. The molecule has 174 valence electrons. The quantitative estimate of drug-likeness (QED) is 0.312. The predicted molar refractivity (Wildman–Crippen MR) is 125 cm³/mol. The summed E-state index contributed by atoms with van der Waals surface area (Å²) >= 11 is 0. The van der Waals surface area contributed by atoms with Gasteiger partial charge in [0.2, 0.25) is 11.9 Å². The highest BCUT2D eigenvalue weighted by Gasteiger charge is 2.13. The standard InChI is InChI=1S/C24H22F2N6O2/c25-17-11-16-6-3-14(9-18(16)19(26)12-17)7-8-29-24-31-21(30-23(28)32-24)15-4-1-13(2-5-15)10-20(27)22(33)34/h1-6,9,11-12,20H,7-8,10,27H2,(H,33,34)(H3,28,29,30,31,32)/t20-/m0/s1. The van der Waals surface area contributed by atoms with Gasteiger partial charge in [-0.25, -0.2) is 8.78 Å². The zero-order chi connectivity index (χ0) is 24.2. The molecule has 1 aromatic heterocycles. The molecule has 0 bridgehead atoms. The van der Waals surface area contributed by atoms with Crippen LogP contribution in [0.1, 0.15) is 11.1 Å². The van der Waals surface area contributed by atoms with Gasteiger partial charge in [-0.05, 0) is 41.5 Å². The van der Waals surface area contributed by atoms with Gasteiger partial charge in [-0.1, -0.05) is 36.4 Å². The minimum atomic E-state index is -1.06. The van der Waals surface area contributed by atoms with Crippen molar-refractivity contribution in [2.75, 3.05) is 17.6 Å². The molecule has 1 atom stereocenters. The molecule has 0 saturated heterocycles. The van der Waals surface area contributed by atoms with E-state index in [0.29, 0.717) is 35.1 Å². The number of anilines is 2. The molecule has 0 aliphatic carbocycles. The van der Waals surface area contributed by atoms with Crippen LogP contribution in [-0.2, 0) is 17.6 Å². The fraction of sp³-hybridized carbons (Fsp3) is 0.167. The number of nitrogens with one attached hydrogen (secondary N) is 1. The molecule has 10 heteroatoms. The van der Waals surface area contributed by atoms with Gasteiger partial charge in [0, 0.05) is 23.6 Å². The fourth-order valence-corrected chi connectivity index (χ4v) is 3.53. The topological polar surface area (TPSA) is 140 Å². The number of hydrogen-bond donors (Lipinski definition) is 4. The summed E-state index contributed by atoms with van der Waals surface area (Å²) in [4.78, 5) is 23.6. The van der Waals surface area contributed by atoms with Gasteiger partial charge in [-0.3, -0.25) is 4.79 Å². The van der Waals surface area contributed by atoms with E-state index >= 15 is 0 Å². The normalized spacial score (nSPS) is 12.0. The number of aliphatic carboxylic acids is 1. The van der Waals surface area contributed by atoms with Crippen molar-refractivity contribution in [3.8, 4) is 11.4 Å². The van der Waals surface area contributed by atoms with Gasteiger partial charge in [0.1, 0.15) is 17.7 Å². The van der Waals surface area contributed by atoms with E-state index < -0.39 is 23.6 Å². The van der Waals surface area contributed by atoms with Gasteiger partial charge in [-0.15, -0.1) is 0 Å². The van der Waals surface area contributed by atoms with Crippen LogP contribution in [0.25, 0.3) is 22.2 Å². The Balaban J connectivity index is 1.43. The van der Waals surface area contributed by atoms with Crippen LogP contribution in [0.4, 0.5) is 20.7 Å². The van der Waals surface area contributed by atoms with E-state index in [1.54, 1.807) is 36.4 Å². The molecule has 0 aliphatic heterocycles. The van der Waals surface area contributed by atoms with E-state index in [4.69, 9.17) is 16.6 Å². The van der Waals surface area contributed by atoms with Crippen LogP contribution in [0.15, 0.2) is 54.6 Å². The number of nitrogens with two attached hydrogens (primary N) is 2. The van der Waals surface area contributed by atoms with Crippen LogP contribution in [-0.4, -0.2) is 38.6 Å². The van der Waals surface area contributed by atoms with E-state index in [-0.39, 0.29) is 18.3 Å². The molecule has 0 fully saturated rings. The van der Waals surface area contributed by atoms with Crippen molar-refractivity contribution < 1.29 is 18.7 Å². The lowest BCUT2D eigenvalue weighted by Crippen LogP contribution is -2.32. The van der Waals surface area contributed by atoms with Crippen LogP contribution >= 0.6 is 0 Å². The van der Waals surface area contributed by atoms with E-state index in [1.807, 2.05) is 6.07 Å². The Morgan fingerprint density at radius 3 is 2.47 bits per heavy atom. The molecule has 0 amide bonds. The summed E-state index contributed by atoms with van der Waals surface area (Å²) in [5, 5.41) is 12.9. The second-order valence-electron chi connectivity index (χ2n) is 7.81. The Morgan fingerprint density at radius 1 is 1.00 bits per heavy atom. The van der Waals surface area contributed by atoms with Crippen molar-refractivity contribution in [1.29, 1.82) is 0 Å². The monoisotopic (exact) mass is 464 g/mol. The molecule has 0 radical (unpaired) electrons. The molecule has 4 rings (SSSR count). The Morgan fingerprint density at radius 2 is 1.74 bits per heavy atom. The summed E-state index contributed by atoms with van der Waals surface area (Å²) in [5.41, 5.74) is 13.7. The number of carbonyl (C=O) groups is 1. The van der Waals surface area contributed by atoms with Gasteiger partial charge in [0.15, 0.2) is 5.82 Å². The second-order valence-corrected chi connectivity index (χ2v) is 7.81. The molecule has 0 unspecified atom stereocenters. The summed E-state index contributed by atoms with van der Waals surface area (Å²) in [7, 11) is 0. The second kappa shape index (κ2) is 9.75. The number of rotatable bonds is 8. The van der Waals surface area contributed by atoms with Gasteiger partial charge in [0.05, 0.1) is 0 Å². The number of nitrogen functional groups attached to an aromatic ring is 1. The number of nitrogens with zero attached hydrogens (tertiary/aromatic N) is 3. The van der Waals surface area contributed by atoms with E-state index in [2.05, 4.69) is 20.3 Å². The predicted octanol–water partition coefficient (Wildman–Crippen LogP) is 3.16. The van der Waals surface area contributed by atoms with Crippen LogP contribution in [0.5, 0.6) is 0 Å². The molecule has 34 heavy (non-hydrogen) atoms. The van der Waals surface area contributed by atoms with Gasteiger partial charge < -0.3 is 21.9 Å². The van der Waals surface area contributed by atoms with Gasteiger partial charge in [-0.2, -0.15) is 15.0 Å². The first-order valence-electron chi connectivity index (χ1n) is 10.5. The first kappa shape index (κ1) is 23.0. The molecule has 1 heterocycles. The lowest BCUT2D eigenvalue weighted by Gasteiger charge is -2.10. The van der Waals surface area contributed by atoms with Crippen LogP contribution in [0.3, 0.4) is 0 Å². The third kappa shape index (κ3) is 5.41. The maximum Gasteiger partial charge on any atom is 0.320 e. The Labute approximate surface area is 193 Å². The highest BCUT2D eigenvalue weighted by atomic mass is 19.1. The number of fused-ring (bicyclic) bond motifs is 1. The van der Waals surface area contributed by atoms with Crippen molar-refractivity contribution in [3.05, 3.63) is 77.4 Å². The number of aromatic nitrogens is 3. The minimum Gasteiger partial charge on any atom is -0.480 e. The summed E-state index contributed by atoms with van der Waals surface area (Å²) in [6.07, 6.45) is 0.752. The summed E-state index contributed by atoms with van der Waals surface area (Å²) in [6.45, 7) is 0.448. The number of carboxylic acids is 1. The third-order valence-corrected chi connectivity index (χ3v) is 5.27. The Kier molecular flexibility index (Phi) is 6.60. The average molecular weight is 464 g/mol. The minimum absolute atomic E-state index is 0.0410. The summed E-state index contributed by atoms with van der Waals surface area (Å²) in [5.74, 6) is -1.59. The lowest BCUT2D eigenvalue weighted by molar-refractivity contribution is -0.138. The average Bonchev–Trinajstić information content (AvgIpc) is 2.79. The number of hydrogen-bond acceptors (Lipinski definition) is 7. The number of benzene rings is 3. The molecule has 4 aromatic rings. The van der Waals surface area contributed by atoms with Crippen molar-refractivity contribution in [2.24, 2.45) is 5.73 Å². The number of halogens is 2. The number of carboxylic acid groups (broad SMARTS) is 1. The fourth-order valence-electron chi connectivity index (χ4n) is 3.53. The van der Waals surface area contributed by atoms with E-state index in [1.165, 1.54) is 6.07 Å². The maximum absolute atomic E-state index is 14.1. The summed E-state index contributed by atoms with van der Waals surface area (Å²) < 4.78 is 27.4. The van der Waals surface area contributed by atoms with Crippen molar-refractivity contribution in [3.63, 3.8) is 0 Å². The third-order valence-electron chi connectivity index (χ3n) is 5.27. The zero-order valence-corrected chi connectivity index (χ0v) is 18.0. The van der Waals surface area contributed by atoms with E-state index in [9.17, 15) is 13.6 Å². The highest BCUT2D eigenvalue weighted by Crippen LogP contribution is 2.22. The molecule has 0 spiro atoms. The van der Waals surface area contributed by atoms with E-state index in [0.717, 1.165) is 17.2 Å². The molecule has 6 N–H and O–H groups in total. The SMILES string of the molecule is Nc1nc(NCCc2ccc3cc(F)cc(F)c3c2)nc(-c2ccc(C[C@H](N)C(=O)O)cc2)n1. The zero-order valence-electron chi connectivity index (χ0n) is 18.0. The lowest BCUT2D eigenvalue weighted by atomic mass is 10.0. The van der Waals surface area contributed by atoms with Crippen LogP contribution < -0.4 is 16.8 Å². The van der Waals surface area contributed by atoms with Crippen molar-refractivity contribution >= 4 is 28.6 Å².